The Hall–Kier alpha value is -4.04. The summed E-state index contributed by atoms with van der Waals surface area (Å²) in [4.78, 5) is 33.6. The van der Waals surface area contributed by atoms with E-state index in [0.29, 0.717) is 53.9 Å². The second-order valence-corrected chi connectivity index (χ2v) is 8.54. The summed E-state index contributed by atoms with van der Waals surface area (Å²) in [6.45, 7) is 2.28. The van der Waals surface area contributed by atoms with E-state index in [4.69, 9.17) is 25.7 Å². The van der Waals surface area contributed by atoms with Crippen LogP contribution in [0.2, 0.25) is 5.02 Å². The average molecular weight is 491 g/mol. The van der Waals surface area contributed by atoms with Crippen molar-refractivity contribution in [2.24, 2.45) is 0 Å². The van der Waals surface area contributed by atoms with Crippen LogP contribution in [0.1, 0.15) is 10.6 Å². The van der Waals surface area contributed by atoms with Gasteiger partial charge in [-0.2, -0.15) is 0 Å². The molecule has 0 saturated carbocycles. The van der Waals surface area contributed by atoms with Crippen molar-refractivity contribution in [2.45, 2.75) is 0 Å². The topological polar surface area (TPSA) is 87.9 Å². The number of carbonyl (C=O) groups is 2. The number of pyridine rings is 1. The highest BCUT2D eigenvalue weighted by Crippen LogP contribution is 2.27. The van der Waals surface area contributed by atoms with E-state index in [2.05, 4.69) is 10.2 Å². The van der Waals surface area contributed by atoms with Crippen molar-refractivity contribution < 1.29 is 18.7 Å². The van der Waals surface area contributed by atoms with Crippen molar-refractivity contribution in [1.82, 2.24) is 9.88 Å². The standard InChI is InChI=1S/C26H23ClN4O4/c27-19-5-2-6-20(16-19)28-24(32)17-35-21-7-1-4-18-9-10-23(29-25(18)21)30-11-13-31(14-12-30)26(33)22-8-3-15-34-22/h1-10,15-16H,11-14,17H2,(H,28,32). The fraction of sp³-hybridized carbons (Fsp3) is 0.192. The predicted molar refractivity (Wildman–Crippen MR) is 134 cm³/mol. The molecule has 5 rings (SSSR count). The van der Waals surface area contributed by atoms with Crippen LogP contribution in [0.4, 0.5) is 11.5 Å². The SMILES string of the molecule is O=C(COc1cccc2ccc(N3CCN(C(=O)c4ccco4)CC3)nc12)Nc1cccc(Cl)c1. The van der Waals surface area contributed by atoms with Crippen molar-refractivity contribution in [2.75, 3.05) is 43.0 Å². The molecule has 9 heteroatoms. The van der Waals surface area contributed by atoms with E-state index in [-0.39, 0.29) is 18.4 Å². The number of para-hydroxylation sites is 1. The zero-order valence-corrected chi connectivity index (χ0v) is 19.6. The minimum atomic E-state index is -0.294. The number of amides is 2. The fourth-order valence-electron chi connectivity index (χ4n) is 4.00. The van der Waals surface area contributed by atoms with Gasteiger partial charge in [0.1, 0.15) is 17.1 Å². The van der Waals surface area contributed by atoms with Gasteiger partial charge in [0.05, 0.1) is 6.26 Å². The van der Waals surface area contributed by atoms with E-state index in [1.807, 2.05) is 24.3 Å². The highest BCUT2D eigenvalue weighted by atomic mass is 35.5. The third-order valence-electron chi connectivity index (χ3n) is 5.76. The Morgan fingerprint density at radius 1 is 1.00 bits per heavy atom. The van der Waals surface area contributed by atoms with Crippen molar-refractivity contribution in [1.29, 1.82) is 0 Å². The lowest BCUT2D eigenvalue weighted by Gasteiger charge is -2.35. The maximum Gasteiger partial charge on any atom is 0.289 e. The highest BCUT2D eigenvalue weighted by Gasteiger charge is 2.24. The maximum atomic E-state index is 12.5. The second-order valence-electron chi connectivity index (χ2n) is 8.10. The van der Waals surface area contributed by atoms with E-state index < -0.39 is 0 Å². The van der Waals surface area contributed by atoms with Crippen LogP contribution in [0.15, 0.2) is 77.4 Å². The Morgan fingerprint density at radius 3 is 2.60 bits per heavy atom. The first-order chi connectivity index (χ1) is 17.1. The summed E-state index contributed by atoms with van der Waals surface area (Å²) in [5.74, 6) is 1.27. The van der Waals surface area contributed by atoms with Crippen LogP contribution in [0.25, 0.3) is 10.9 Å². The van der Waals surface area contributed by atoms with Gasteiger partial charge in [0.25, 0.3) is 11.8 Å². The lowest BCUT2D eigenvalue weighted by molar-refractivity contribution is -0.118. The number of halogens is 1. The first kappa shape index (κ1) is 22.7. The number of aromatic nitrogens is 1. The molecule has 0 spiro atoms. The van der Waals surface area contributed by atoms with Crippen LogP contribution < -0.4 is 15.0 Å². The first-order valence-corrected chi connectivity index (χ1v) is 11.6. The molecule has 2 amide bonds. The Bertz CT molecular complexity index is 1350. The van der Waals surface area contributed by atoms with Crippen LogP contribution in [0.5, 0.6) is 5.75 Å². The lowest BCUT2D eigenvalue weighted by Crippen LogP contribution is -2.49. The Balaban J connectivity index is 1.25. The highest BCUT2D eigenvalue weighted by molar-refractivity contribution is 6.30. The number of ether oxygens (including phenoxy) is 1. The van der Waals surface area contributed by atoms with Crippen LogP contribution in [0, 0.1) is 0 Å². The molecule has 0 radical (unpaired) electrons. The number of fused-ring (bicyclic) bond motifs is 1. The number of furan rings is 1. The average Bonchev–Trinajstić information content (AvgIpc) is 3.42. The zero-order chi connectivity index (χ0) is 24.2. The monoisotopic (exact) mass is 490 g/mol. The fourth-order valence-corrected chi connectivity index (χ4v) is 4.19. The minimum Gasteiger partial charge on any atom is -0.481 e. The van der Waals surface area contributed by atoms with Gasteiger partial charge < -0.3 is 24.3 Å². The molecule has 0 atom stereocenters. The quantitative estimate of drug-likeness (QED) is 0.429. The molecule has 1 aliphatic rings. The van der Waals surface area contributed by atoms with Crippen LogP contribution >= 0.6 is 11.6 Å². The molecule has 2 aromatic carbocycles. The van der Waals surface area contributed by atoms with Gasteiger partial charge in [-0.1, -0.05) is 29.8 Å². The largest absolute Gasteiger partial charge is 0.481 e. The molecule has 35 heavy (non-hydrogen) atoms. The van der Waals surface area contributed by atoms with Crippen molar-refractivity contribution in [3.63, 3.8) is 0 Å². The van der Waals surface area contributed by atoms with E-state index in [0.717, 1.165) is 11.2 Å². The number of rotatable bonds is 6. The third-order valence-corrected chi connectivity index (χ3v) is 5.99. The lowest BCUT2D eigenvalue weighted by atomic mass is 10.2. The second kappa shape index (κ2) is 10.1. The summed E-state index contributed by atoms with van der Waals surface area (Å²) in [5, 5.41) is 4.22. The summed E-state index contributed by atoms with van der Waals surface area (Å²) >= 11 is 5.97. The van der Waals surface area contributed by atoms with Gasteiger partial charge in [-0.3, -0.25) is 9.59 Å². The normalized spacial score (nSPS) is 13.6. The predicted octanol–water partition coefficient (Wildman–Crippen LogP) is 4.46. The molecular formula is C26H23ClN4O4. The molecule has 1 N–H and O–H groups in total. The van der Waals surface area contributed by atoms with Crippen LogP contribution in [-0.2, 0) is 4.79 Å². The minimum absolute atomic E-state index is 0.104. The Morgan fingerprint density at radius 2 is 1.83 bits per heavy atom. The summed E-state index contributed by atoms with van der Waals surface area (Å²) < 4.78 is 11.1. The number of anilines is 2. The summed E-state index contributed by atoms with van der Waals surface area (Å²) in [5.41, 5.74) is 1.28. The molecule has 0 bridgehead atoms. The molecule has 178 valence electrons. The molecule has 8 nitrogen and oxygen atoms in total. The molecule has 1 aliphatic heterocycles. The van der Waals surface area contributed by atoms with E-state index in [9.17, 15) is 9.59 Å². The van der Waals surface area contributed by atoms with Crippen molar-refractivity contribution in [3.8, 4) is 5.75 Å². The van der Waals surface area contributed by atoms with Gasteiger partial charge in [-0.25, -0.2) is 4.98 Å². The number of nitrogens with one attached hydrogen (secondary N) is 1. The maximum absolute atomic E-state index is 12.5. The smallest absolute Gasteiger partial charge is 0.289 e. The molecule has 0 aliphatic carbocycles. The number of nitrogens with zero attached hydrogens (tertiary/aromatic N) is 3. The zero-order valence-electron chi connectivity index (χ0n) is 18.8. The number of hydrogen-bond donors (Lipinski definition) is 1. The molecule has 2 aromatic heterocycles. The van der Waals surface area contributed by atoms with Gasteiger partial charge in [-0.05, 0) is 48.5 Å². The van der Waals surface area contributed by atoms with Crippen LogP contribution in [-0.4, -0.2) is 54.5 Å². The van der Waals surface area contributed by atoms with Gasteiger partial charge in [0.2, 0.25) is 0 Å². The molecule has 3 heterocycles. The van der Waals surface area contributed by atoms with Crippen molar-refractivity contribution >= 4 is 45.8 Å². The van der Waals surface area contributed by atoms with Gasteiger partial charge in [0, 0.05) is 42.3 Å². The molecule has 1 fully saturated rings. The van der Waals surface area contributed by atoms with Crippen molar-refractivity contribution in [3.05, 3.63) is 83.8 Å². The third kappa shape index (κ3) is 5.22. The first-order valence-electron chi connectivity index (χ1n) is 11.2. The number of carbonyl (C=O) groups excluding carboxylic acids is 2. The molecule has 1 saturated heterocycles. The number of piperazine rings is 1. The van der Waals surface area contributed by atoms with E-state index in [1.54, 1.807) is 47.4 Å². The number of benzene rings is 2. The summed E-state index contributed by atoms with van der Waals surface area (Å²) in [6.07, 6.45) is 1.50. The Labute approximate surface area is 207 Å². The Kier molecular flexibility index (Phi) is 6.54. The van der Waals surface area contributed by atoms with E-state index in [1.165, 1.54) is 6.26 Å². The molecule has 4 aromatic rings. The van der Waals surface area contributed by atoms with Gasteiger partial charge in [0.15, 0.2) is 12.4 Å². The van der Waals surface area contributed by atoms with Gasteiger partial charge >= 0.3 is 0 Å². The van der Waals surface area contributed by atoms with Crippen LogP contribution in [0.3, 0.4) is 0 Å². The van der Waals surface area contributed by atoms with E-state index >= 15 is 0 Å². The molecular weight excluding hydrogens is 468 g/mol. The number of hydrogen-bond acceptors (Lipinski definition) is 6. The molecule has 0 unspecified atom stereocenters. The van der Waals surface area contributed by atoms with Gasteiger partial charge in [-0.15, -0.1) is 0 Å². The summed E-state index contributed by atoms with van der Waals surface area (Å²) in [6, 6.07) is 19.9. The summed E-state index contributed by atoms with van der Waals surface area (Å²) in [7, 11) is 0.